The van der Waals surface area contributed by atoms with Crippen molar-refractivity contribution in [3.8, 4) is 5.75 Å². The maximum atomic E-state index is 12.5. The number of hydrogen-bond acceptors (Lipinski definition) is 6. The first-order valence-corrected chi connectivity index (χ1v) is 11.6. The van der Waals surface area contributed by atoms with Crippen LogP contribution in [-0.2, 0) is 6.54 Å². The Morgan fingerprint density at radius 2 is 1.53 bits per heavy atom. The topological polar surface area (TPSA) is 111 Å². The first kappa shape index (κ1) is 26.5. The van der Waals surface area contributed by atoms with Crippen molar-refractivity contribution in [2.45, 2.75) is 6.54 Å². The fourth-order valence-corrected chi connectivity index (χ4v) is 3.49. The highest BCUT2D eigenvalue weighted by molar-refractivity contribution is 6.07. The summed E-state index contributed by atoms with van der Waals surface area (Å²) in [5.74, 6) is 0.599. The number of rotatable bonds is 12. The number of carbonyl (C=O) groups excluding carboxylic acids is 2. The number of aliphatic hydroxyl groups excluding tert-OH is 2. The number of methoxy groups -OCH3 is 1. The molecular weight excluding hydrogens is 458 g/mol. The molecule has 8 heteroatoms. The van der Waals surface area contributed by atoms with Gasteiger partial charge in [-0.1, -0.05) is 30.3 Å². The summed E-state index contributed by atoms with van der Waals surface area (Å²) >= 11 is 0. The summed E-state index contributed by atoms with van der Waals surface area (Å²) in [6.45, 7) is 1.24. The van der Waals surface area contributed by atoms with Crippen LogP contribution in [0.5, 0.6) is 5.75 Å². The van der Waals surface area contributed by atoms with Crippen LogP contribution in [-0.4, -0.2) is 55.4 Å². The van der Waals surface area contributed by atoms with Crippen molar-refractivity contribution >= 4 is 29.3 Å². The molecule has 188 valence electrons. The fraction of sp³-hybridized carbons (Fsp3) is 0.214. The van der Waals surface area contributed by atoms with Gasteiger partial charge in [0.2, 0.25) is 0 Å². The minimum absolute atomic E-state index is 0.00116. The minimum atomic E-state index is -0.343. The van der Waals surface area contributed by atoms with E-state index in [2.05, 4.69) is 10.6 Å². The maximum Gasteiger partial charge on any atom is 0.319 e. The largest absolute Gasteiger partial charge is 0.497 e. The van der Waals surface area contributed by atoms with E-state index < -0.39 is 0 Å². The number of urea groups is 1. The lowest BCUT2D eigenvalue weighted by molar-refractivity contribution is 0.104. The number of ketones is 1. The number of hydrogen-bond donors (Lipinski definition) is 4. The van der Waals surface area contributed by atoms with Gasteiger partial charge in [-0.3, -0.25) is 4.79 Å². The van der Waals surface area contributed by atoms with Gasteiger partial charge in [-0.2, -0.15) is 0 Å². The van der Waals surface area contributed by atoms with Gasteiger partial charge in [0.05, 0.1) is 20.3 Å². The molecular formula is C28H31N3O5. The third kappa shape index (κ3) is 7.97. The summed E-state index contributed by atoms with van der Waals surface area (Å²) in [6.07, 6.45) is 3.23. The lowest BCUT2D eigenvalue weighted by Crippen LogP contribution is -2.29. The van der Waals surface area contributed by atoms with Gasteiger partial charge in [0.1, 0.15) is 5.75 Å². The highest BCUT2D eigenvalue weighted by atomic mass is 16.5. The molecule has 0 heterocycles. The molecule has 0 aromatic heterocycles. The Morgan fingerprint density at radius 3 is 2.11 bits per heavy atom. The SMILES string of the molecule is COc1ccc(CNC(=O)Nc2ccc(C(=O)/C=C/c3ccc(N(CCO)CCO)cc3)cc2)cc1. The first-order chi connectivity index (χ1) is 17.5. The predicted octanol–water partition coefficient (Wildman–Crippen LogP) is 3.70. The Bertz CT molecular complexity index is 1140. The highest BCUT2D eigenvalue weighted by Gasteiger charge is 2.07. The number of amides is 2. The summed E-state index contributed by atoms with van der Waals surface area (Å²) in [6, 6.07) is 21.3. The monoisotopic (exact) mass is 489 g/mol. The minimum Gasteiger partial charge on any atom is -0.497 e. The van der Waals surface area contributed by atoms with Crippen molar-refractivity contribution in [1.29, 1.82) is 0 Å². The third-order valence-electron chi connectivity index (χ3n) is 5.46. The summed E-state index contributed by atoms with van der Waals surface area (Å²) in [5.41, 5.74) is 3.77. The van der Waals surface area contributed by atoms with Crippen molar-refractivity contribution in [2.24, 2.45) is 0 Å². The van der Waals surface area contributed by atoms with Gasteiger partial charge in [-0.15, -0.1) is 0 Å². The van der Waals surface area contributed by atoms with Crippen LogP contribution in [0.15, 0.2) is 78.9 Å². The zero-order valence-electron chi connectivity index (χ0n) is 20.2. The molecule has 3 aromatic carbocycles. The Kier molecular flexibility index (Phi) is 10.1. The van der Waals surface area contributed by atoms with Gasteiger partial charge < -0.3 is 30.5 Å². The zero-order chi connectivity index (χ0) is 25.8. The average Bonchev–Trinajstić information content (AvgIpc) is 2.91. The molecule has 0 aliphatic carbocycles. The molecule has 0 saturated carbocycles. The van der Waals surface area contributed by atoms with Crippen LogP contribution in [0.2, 0.25) is 0 Å². The second-order valence-corrected chi connectivity index (χ2v) is 7.96. The smallest absolute Gasteiger partial charge is 0.319 e. The molecule has 3 rings (SSSR count). The number of nitrogens with zero attached hydrogens (tertiary/aromatic N) is 1. The van der Waals surface area contributed by atoms with Crippen molar-refractivity contribution in [3.63, 3.8) is 0 Å². The van der Waals surface area contributed by atoms with E-state index in [0.29, 0.717) is 30.9 Å². The van der Waals surface area contributed by atoms with Crippen LogP contribution in [0.4, 0.5) is 16.2 Å². The molecule has 0 fully saturated rings. The number of anilines is 2. The second-order valence-electron chi connectivity index (χ2n) is 7.96. The number of carbonyl (C=O) groups is 2. The van der Waals surface area contributed by atoms with Gasteiger partial charge in [0.25, 0.3) is 0 Å². The van der Waals surface area contributed by atoms with E-state index in [1.54, 1.807) is 37.5 Å². The van der Waals surface area contributed by atoms with E-state index in [4.69, 9.17) is 4.74 Å². The molecule has 0 spiro atoms. The van der Waals surface area contributed by atoms with Crippen LogP contribution in [0, 0.1) is 0 Å². The van der Waals surface area contributed by atoms with Gasteiger partial charge in [-0.25, -0.2) is 4.79 Å². The number of aliphatic hydroxyl groups is 2. The first-order valence-electron chi connectivity index (χ1n) is 11.6. The summed E-state index contributed by atoms with van der Waals surface area (Å²) < 4.78 is 5.12. The summed E-state index contributed by atoms with van der Waals surface area (Å²) in [7, 11) is 1.60. The summed E-state index contributed by atoms with van der Waals surface area (Å²) in [4.78, 5) is 26.6. The van der Waals surface area contributed by atoms with E-state index in [1.807, 2.05) is 53.4 Å². The number of allylic oxidation sites excluding steroid dienone is 1. The van der Waals surface area contributed by atoms with Gasteiger partial charge in [0.15, 0.2) is 5.78 Å². The molecule has 0 aliphatic rings. The average molecular weight is 490 g/mol. The zero-order valence-corrected chi connectivity index (χ0v) is 20.2. The third-order valence-corrected chi connectivity index (χ3v) is 5.46. The van der Waals surface area contributed by atoms with E-state index in [9.17, 15) is 19.8 Å². The van der Waals surface area contributed by atoms with E-state index in [0.717, 1.165) is 22.6 Å². The summed E-state index contributed by atoms with van der Waals surface area (Å²) in [5, 5.41) is 23.9. The van der Waals surface area contributed by atoms with Crippen LogP contribution in [0.3, 0.4) is 0 Å². The van der Waals surface area contributed by atoms with Crippen LogP contribution < -0.4 is 20.3 Å². The van der Waals surface area contributed by atoms with Crippen molar-refractivity contribution < 1.29 is 24.5 Å². The molecule has 0 unspecified atom stereocenters. The molecule has 0 saturated heterocycles. The van der Waals surface area contributed by atoms with E-state index in [1.165, 1.54) is 6.08 Å². The quantitative estimate of drug-likeness (QED) is 0.228. The van der Waals surface area contributed by atoms with Crippen molar-refractivity contribution in [3.05, 3.63) is 95.6 Å². The molecule has 0 aliphatic heterocycles. The van der Waals surface area contributed by atoms with Crippen molar-refractivity contribution in [1.82, 2.24) is 5.32 Å². The molecule has 0 bridgehead atoms. The van der Waals surface area contributed by atoms with Crippen molar-refractivity contribution in [2.75, 3.05) is 43.6 Å². The molecule has 4 N–H and O–H groups in total. The fourth-order valence-electron chi connectivity index (χ4n) is 3.49. The number of ether oxygens (including phenoxy) is 1. The molecule has 3 aromatic rings. The Balaban J connectivity index is 1.50. The number of benzene rings is 3. The molecule has 2 amide bonds. The maximum absolute atomic E-state index is 12.5. The van der Waals surface area contributed by atoms with Gasteiger partial charge in [0, 0.05) is 36.6 Å². The van der Waals surface area contributed by atoms with E-state index in [-0.39, 0.29) is 25.0 Å². The standard InChI is InChI=1S/C28H31N3O5/c1-36-26-13-4-22(5-14-26)20-29-28(35)30-24-9-7-23(8-10-24)27(34)15-6-21-2-11-25(12-3-21)31(16-18-32)17-19-33/h2-15,32-33H,16-20H2,1H3,(H2,29,30,35)/b15-6+. The predicted molar refractivity (Wildman–Crippen MR) is 141 cm³/mol. The lowest BCUT2D eigenvalue weighted by atomic mass is 10.1. The molecule has 36 heavy (non-hydrogen) atoms. The normalized spacial score (nSPS) is 10.8. The lowest BCUT2D eigenvalue weighted by Gasteiger charge is -2.22. The van der Waals surface area contributed by atoms with E-state index >= 15 is 0 Å². The van der Waals surface area contributed by atoms with Crippen LogP contribution >= 0.6 is 0 Å². The molecule has 0 radical (unpaired) electrons. The van der Waals surface area contributed by atoms with Crippen LogP contribution in [0.1, 0.15) is 21.5 Å². The highest BCUT2D eigenvalue weighted by Crippen LogP contribution is 2.17. The second kappa shape index (κ2) is 13.7. The Morgan fingerprint density at radius 1 is 0.889 bits per heavy atom. The Labute approximate surface area is 210 Å². The van der Waals surface area contributed by atoms with Gasteiger partial charge >= 0.3 is 6.03 Å². The Hall–Kier alpha value is -4.14. The molecule has 0 atom stereocenters. The van der Waals surface area contributed by atoms with Gasteiger partial charge in [-0.05, 0) is 65.7 Å². The molecule has 8 nitrogen and oxygen atoms in total. The van der Waals surface area contributed by atoms with Crippen LogP contribution in [0.25, 0.3) is 6.08 Å². The number of nitrogens with one attached hydrogen (secondary N) is 2.